The van der Waals surface area contributed by atoms with Crippen LogP contribution in [0.15, 0.2) is 48.7 Å². The van der Waals surface area contributed by atoms with Gasteiger partial charge >= 0.3 is 6.09 Å². The minimum atomic E-state index is -0.644. The lowest BCUT2D eigenvalue weighted by Crippen LogP contribution is -2.42. The molecule has 1 aromatic carbocycles. The number of amides is 2. The third-order valence-corrected chi connectivity index (χ3v) is 3.93. The summed E-state index contributed by atoms with van der Waals surface area (Å²) in [6.45, 7) is 1.09. The lowest BCUT2D eigenvalue weighted by Gasteiger charge is -2.21. The Kier molecular flexibility index (Phi) is 5.13. The summed E-state index contributed by atoms with van der Waals surface area (Å²) in [6, 6.07) is 13.2. The van der Waals surface area contributed by atoms with Gasteiger partial charge in [0, 0.05) is 31.9 Å². The Balaban J connectivity index is 1.64. The lowest BCUT2D eigenvalue weighted by atomic mass is 10.2. The Morgan fingerprint density at radius 2 is 2.12 bits per heavy atom. The maximum absolute atomic E-state index is 12.1. The molecule has 3 rings (SSSR count). The van der Waals surface area contributed by atoms with Gasteiger partial charge in [-0.25, -0.2) is 9.78 Å². The molecular formula is C18H20N4O3. The number of anilines is 1. The Morgan fingerprint density at radius 1 is 1.32 bits per heavy atom. The van der Waals surface area contributed by atoms with Crippen molar-refractivity contribution in [2.75, 3.05) is 18.6 Å². The van der Waals surface area contributed by atoms with Crippen LogP contribution in [0.2, 0.25) is 0 Å². The Bertz CT molecular complexity index is 751. The number of carbonyl (C=O) groups is 2. The van der Waals surface area contributed by atoms with Gasteiger partial charge in [-0.2, -0.15) is 0 Å². The fourth-order valence-corrected chi connectivity index (χ4v) is 2.68. The van der Waals surface area contributed by atoms with Crippen molar-refractivity contribution in [2.45, 2.75) is 19.1 Å². The quantitative estimate of drug-likeness (QED) is 0.831. The second-order valence-corrected chi connectivity index (χ2v) is 5.84. The number of carbonyl (C=O) groups excluding carboxylic acids is 2. The van der Waals surface area contributed by atoms with Crippen molar-refractivity contribution in [3.63, 3.8) is 0 Å². The number of nitrogens with zero attached hydrogens (tertiary/aromatic N) is 2. The molecule has 130 valence electrons. The van der Waals surface area contributed by atoms with Gasteiger partial charge in [0.15, 0.2) is 0 Å². The zero-order valence-corrected chi connectivity index (χ0v) is 13.9. The summed E-state index contributed by atoms with van der Waals surface area (Å²) in [5, 5.41) is 5.28. The van der Waals surface area contributed by atoms with Gasteiger partial charge in [-0.05, 0) is 11.6 Å². The first-order valence-corrected chi connectivity index (χ1v) is 8.03. The molecule has 25 heavy (non-hydrogen) atoms. The number of alkyl carbamates (subject to hydrolysis) is 1. The van der Waals surface area contributed by atoms with Gasteiger partial charge in [-0.1, -0.05) is 36.4 Å². The number of rotatable bonds is 6. The maximum Gasteiger partial charge on any atom is 0.407 e. The number of cyclic esters (lactones) is 1. The van der Waals surface area contributed by atoms with Crippen molar-refractivity contribution in [2.24, 2.45) is 0 Å². The van der Waals surface area contributed by atoms with Gasteiger partial charge in [0.2, 0.25) is 5.91 Å². The summed E-state index contributed by atoms with van der Waals surface area (Å²) < 4.78 is 4.74. The Hall–Kier alpha value is -3.09. The number of ether oxygens (including phenoxy) is 1. The van der Waals surface area contributed by atoms with Gasteiger partial charge < -0.3 is 20.3 Å². The van der Waals surface area contributed by atoms with Crippen LogP contribution in [0.4, 0.5) is 10.6 Å². The summed E-state index contributed by atoms with van der Waals surface area (Å²) >= 11 is 0. The number of hydrogen-bond acceptors (Lipinski definition) is 5. The SMILES string of the molecule is CN(Cc1ccccc1)c1ncccc1CNC(=O)[C@H]1COC(=O)N1. The molecule has 1 aliphatic heterocycles. The van der Waals surface area contributed by atoms with Crippen LogP contribution in [-0.4, -0.2) is 36.7 Å². The molecule has 1 saturated heterocycles. The molecule has 2 aromatic rings. The van der Waals surface area contributed by atoms with Crippen LogP contribution < -0.4 is 15.5 Å². The smallest absolute Gasteiger partial charge is 0.407 e. The number of benzene rings is 1. The molecule has 0 bridgehead atoms. The van der Waals surface area contributed by atoms with E-state index in [1.54, 1.807) is 6.20 Å². The summed E-state index contributed by atoms with van der Waals surface area (Å²) in [5.41, 5.74) is 2.08. The molecule has 2 amide bonds. The predicted molar refractivity (Wildman–Crippen MR) is 92.9 cm³/mol. The van der Waals surface area contributed by atoms with Gasteiger partial charge in [0.05, 0.1) is 0 Å². The first-order valence-electron chi connectivity index (χ1n) is 8.03. The average molecular weight is 340 g/mol. The molecule has 0 saturated carbocycles. The number of hydrogen-bond donors (Lipinski definition) is 2. The Morgan fingerprint density at radius 3 is 2.84 bits per heavy atom. The summed E-state index contributed by atoms with van der Waals surface area (Å²) in [4.78, 5) is 29.6. The fraction of sp³-hybridized carbons (Fsp3) is 0.278. The maximum atomic E-state index is 12.1. The van der Waals surface area contributed by atoms with Crippen molar-refractivity contribution in [3.8, 4) is 0 Å². The Labute approximate surface area is 146 Å². The third kappa shape index (κ3) is 4.26. The predicted octanol–water partition coefficient (Wildman–Crippen LogP) is 1.44. The number of nitrogens with one attached hydrogen (secondary N) is 2. The molecule has 2 N–H and O–H groups in total. The molecule has 0 unspecified atom stereocenters. The normalized spacial score (nSPS) is 16.0. The number of aromatic nitrogens is 1. The van der Waals surface area contributed by atoms with Crippen molar-refractivity contribution in [1.29, 1.82) is 0 Å². The molecule has 1 aromatic heterocycles. The highest BCUT2D eigenvalue weighted by atomic mass is 16.6. The van der Waals surface area contributed by atoms with E-state index in [1.165, 1.54) is 5.56 Å². The molecule has 1 atom stereocenters. The molecule has 7 nitrogen and oxygen atoms in total. The van der Waals surface area contributed by atoms with Gasteiger partial charge in [0.25, 0.3) is 0 Å². The number of pyridine rings is 1. The average Bonchev–Trinajstić information content (AvgIpc) is 3.07. The minimum absolute atomic E-state index is 0.0540. The van der Waals surface area contributed by atoms with Crippen LogP contribution in [0.1, 0.15) is 11.1 Å². The standard InChI is InChI=1S/C18H20N4O3/c1-22(11-13-6-3-2-4-7-13)16-14(8-5-9-19-16)10-20-17(23)15-12-25-18(24)21-15/h2-9,15H,10-12H2,1H3,(H,20,23)(H,21,24)/t15-/m1/s1. The van der Waals surface area contributed by atoms with Crippen molar-refractivity contribution in [1.82, 2.24) is 15.6 Å². The molecule has 7 heteroatoms. The second-order valence-electron chi connectivity index (χ2n) is 5.84. The highest BCUT2D eigenvalue weighted by molar-refractivity contribution is 5.87. The van der Waals surface area contributed by atoms with Crippen LogP contribution in [0.25, 0.3) is 0 Å². The van der Waals surface area contributed by atoms with Crippen LogP contribution in [0, 0.1) is 0 Å². The monoisotopic (exact) mass is 340 g/mol. The molecule has 0 spiro atoms. The van der Waals surface area contributed by atoms with E-state index in [0.717, 1.165) is 11.4 Å². The van der Waals surface area contributed by atoms with E-state index in [-0.39, 0.29) is 12.5 Å². The molecule has 0 aliphatic carbocycles. The first-order chi connectivity index (χ1) is 12.1. The zero-order valence-electron chi connectivity index (χ0n) is 13.9. The highest BCUT2D eigenvalue weighted by Gasteiger charge is 2.28. The van der Waals surface area contributed by atoms with E-state index in [9.17, 15) is 9.59 Å². The van der Waals surface area contributed by atoms with E-state index >= 15 is 0 Å². The fourth-order valence-electron chi connectivity index (χ4n) is 2.68. The third-order valence-electron chi connectivity index (χ3n) is 3.93. The van der Waals surface area contributed by atoms with Crippen LogP contribution in [-0.2, 0) is 22.6 Å². The van der Waals surface area contributed by atoms with Crippen molar-refractivity contribution < 1.29 is 14.3 Å². The molecule has 2 heterocycles. The molecule has 1 aliphatic rings. The van der Waals surface area contributed by atoms with E-state index in [2.05, 4.69) is 27.8 Å². The summed E-state index contributed by atoms with van der Waals surface area (Å²) in [5.74, 6) is 0.532. The van der Waals surface area contributed by atoms with Crippen LogP contribution >= 0.6 is 0 Å². The van der Waals surface area contributed by atoms with E-state index in [1.807, 2.05) is 42.3 Å². The molecule has 0 radical (unpaired) electrons. The van der Waals surface area contributed by atoms with Gasteiger partial charge in [0.1, 0.15) is 18.5 Å². The first kappa shape index (κ1) is 16.8. The van der Waals surface area contributed by atoms with Gasteiger partial charge in [-0.3, -0.25) is 4.79 Å². The summed E-state index contributed by atoms with van der Waals surface area (Å²) in [7, 11) is 1.96. The second kappa shape index (κ2) is 7.65. The topological polar surface area (TPSA) is 83.6 Å². The minimum Gasteiger partial charge on any atom is -0.447 e. The van der Waals surface area contributed by atoms with E-state index in [4.69, 9.17) is 4.74 Å². The van der Waals surface area contributed by atoms with E-state index in [0.29, 0.717) is 13.1 Å². The highest BCUT2D eigenvalue weighted by Crippen LogP contribution is 2.18. The van der Waals surface area contributed by atoms with Crippen LogP contribution in [0.5, 0.6) is 0 Å². The van der Waals surface area contributed by atoms with Crippen molar-refractivity contribution in [3.05, 3.63) is 59.8 Å². The summed E-state index contributed by atoms with van der Waals surface area (Å²) in [6.07, 6.45) is 1.16. The van der Waals surface area contributed by atoms with Crippen molar-refractivity contribution >= 4 is 17.8 Å². The van der Waals surface area contributed by atoms with Gasteiger partial charge in [-0.15, -0.1) is 0 Å². The largest absolute Gasteiger partial charge is 0.447 e. The molecular weight excluding hydrogens is 320 g/mol. The lowest BCUT2D eigenvalue weighted by molar-refractivity contribution is -0.122. The van der Waals surface area contributed by atoms with E-state index < -0.39 is 12.1 Å². The zero-order chi connectivity index (χ0) is 17.6. The molecule has 1 fully saturated rings. The van der Waals surface area contributed by atoms with Crippen LogP contribution in [0.3, 0.4) is 0 Å².